The predicted octanol–water partition coefficient (Wildman–Crippen LogP) is 6.44. The van der Waals surface area contributed by atoms with Gasteiger partial charge in [0.2, 0.25) is 5.91 Å². The van der Waals surface area contributed by atoms with Crippen molar-refractivity contribution in [1.29, 1.82) is 5.26 Å². The topological polar surface area (TPSA) is 169 Å². The third kappa shape index (κ3) is 11.2. The molecule has 318 valence electrons. The molecule has 3 N–H and O–H groups in total. The van der Waals surface area contributed by atoms with Crippen molar-refractivity contribution >= 4 is 34.1 Å². The molecule has 4 aromatic carbocycles. The number of piperazine rings is 1. The van der Waals surface area contributed by atoms with E-state index < -0.39 is 53.4 Å². The number of anilines is 1. The van der Waals surface area contributed by atoms with Crippen LogP contribution in [0.15, 0.2) is 89.7 Å². The van der Waals surface area contributed by atoms with Crippen molar-refractivity contribution in [3.05, 3.63) is 135 Å². The van der Waals surface area contributed by atoms with Crippen molar-refractivity contribution in [2.45, 2.75) is 57.2 Å². The van der Waals surface area contributed by atoms with Crippen molar-refractivity contribution < 1.29 is 41.8 Å². The molecule has 5 aromatic rings. The van der Waals surface area contributed by atoms with E-state index in [0.29, 0.717) is 60.3 Å². The average Bonchev–Trinajstić information content (AvgIpc) is 3.25. The Morgan fingerprint density at radius 1 is 0.902 bits per heavy atom. The molecular weight excluding hydrogens is 797 g/mol. The Hall–Kier alpha value is -6.60. The highest BCUT2D eigenvalue weighted by Gasteiger charge is 2.35. The molecule has 1 aliphatic heterocycles. The standard InChI is InChI=1S/C45H44F4N6O6/c1-44(60,40(56)26-30-10-12-31(27-50)37(24-30)45(47,48)49)28-61-33-15-13-32(14-16-33)51-18-6-2-3-9-41(57)54-19-21-55(22-20-54)43(59)36-23-29(11-17-38(36)46)25-39-34-7-4-5-8-35(34)42(58)53-52-39/h4-5,7-8,10-17,23-24,51,60H,2-3,6,9,18-22,25-26,28H2,1H3,(H,53,58)/t44-/m0/s1. The number of fused-ring (bicyclic) bond motifs is 1. The minimum atomic E-state index is -4.77. The zero-order chi connectivity index (χ0) is 43.7. The van der Waals surface area contributed by atoms with Crippen LogP contribution in [0.5, 0.6) is 5.75 Å². The van der Waals surface area contributed by atoms with Crippen LogP contribution in [0.3, 0.4) is 0 Å². The van der Waals surface area contributed by atoms with E-state index in [1.807, 2.05) is 6.07 Å². The molecule has 0 aliphatic carbocycles. The van der Waals surface area contributed by atoms with Crippen molar-refractivity contribution in [2.75, 3.05) is 44.6 Å². The van der Waals surface area contributed by atoms with Gasteiger partial charge >= 0.3 is 6.18 Å². The Balaban J connectivity index is 0.876. The monoisotopic (exact) mass is 840 g/mol. The fourth-order valence-electron chi connectivity index (χ4n) is 7.03. The lowest BCUT2D eigenvalue weighted by atomic mass is 9.94. The molecule has 1 aliphatic rings. The summed E-state index contributed by atoms with van der Waals surface area (Å²) in [6.07, 6.45) is -2.34. The number of nitrogens with zero attached hydrogens (tertiary/aromatic N) is 4. The molecule has 2 heterocycles. The lowest BCUT2D eigenvalue weighted by Crippen LogP contribution is -2.50. The third-order valence-electron chi connectivity index (χ3n) is 10.6. The van der Waals surface area contributed by atoms with Crippen molar-refractivity contribution in [3.8, 4) is 11.8 Å². The summed E-state index contributed by atoms with van der Waals surface area (Å²) in [6, 6.07) is 22.7. The molecule has 1 atom stereocenters. The second kappa shape index (κ2) is 19.2. The van der Waals surface area contributed by atoms with Crippen LogP contribution in [-0.4, -0.2) is 87.6 Å². The van der Waals surface area contributed by atoms with Gasteiger partial charge in [-0.3, -0.25) is 19.2 Å². The third-order valence-corrected chi connectivity index (χ3v) is 10.6. The maximum Gasteiger partial charge on any atom is 0.417 e. The van der Waals surface area contributed by atoms with Crippen LogP contribution < -0.4 is 15.6 Å². The Bertz CT molecular complexity index is 2490. The first-order valence-corrected chi connectivity index (χ1v) is 19.8. The van der Waals surface area contributed by atoms with Gasteiger partial charge in [-0.25, -0.2) is 9.49 Å². The van der Waals surface area contributed by atoms with Gasteiger partial charge in [0.25, 0.3) is 11.5 Å². The highest BCUT2D eigenvalue weighted by Crippen LogP contribution is 2.33. The zero-order valence-electron chi connectivity index (χ0n) is 33.4. The van der Waals surface area contributed by atoms with Crippen molar-refractivity contribution in [1.82, 2.24) is 20.0 Å². The summed E-state index contributed by atoms with van der Waals surface area (Å²) >= 11 is 0. The summed E-state index contributed by atoms with van der Waals surface area (Å²) < 4.78 is 60.5. The Morgan fingerprint density at radius 3 is 2.30 bits per heavy atom. The minimum absolute atomic E-state index is 0.00465. The smallest absolute Gasteiger partial charge is 0.417 e. The van der Waals surface area contributed by atoms with Gasteiger partial charge in [0.05, 0.1) is 33.8 Å². The number of nitrogens with one attached hydrogen (secondary N) is 2. The summed E-state index contributed by atoms with van der Waals surface area (Å²) in [5.74, 6) is -1.47. The number of hydrogen-bond donors (Lipinski definition) is 3. The molecule has 1 fully saturated rings. The quantitative estimate of drug-likeness (QED) is 0.0748. The fourth-order valence-corrected chi connectivity index (χ4v) is 7.03. The number of ketones is 1. The number of unbranched alkanes of at least 4 members (excludes halogenated alkanes) is 2. The Kier molecular flexibility index (Phi) is 13.8. The number of nitriles is 1. The number of aliphatic hydroxyl groups is 1. The van der Waals surface area contributed by atoms with Gasteiger partial charge in [-0.1, -0.05) is 36.8 Å². The van der Waals surface area contributed by atoms with E-state index in [1.165, 1.54) is 31.2 Å². The van der Waals surface area contributed by atoms with E-state index in [-0.39, 0.29) is 42.1 Å². The van der Waals surface area contributed by atoms with E-state index in [2.05, 4.69) is 15.5 Å². The predicted molar refractivity (Wildman–Crippen MR) is 218 cm³/mol. The van der Waals surface area contributed by atoms with Crippen LogP contribution in [0.4, 0.5) is 23.2 Å². The van der Waals surface area contributed by atoms with E-state index >= 15 is 0 Å². The van der Waals surface area contributed by atoms with Crippen LogP contribution in [0, 0.1) is 17.1 Å². The van der Waals surface area contributed by atoms with Crippen LogP contribution in [0.1, 0.15) is 70.9 Å². The highest BCUT2D eigenvalue weighted by molar-refractivity contribution is 5.95. The second-order valence-electron chi connectivity index (χ2n) is 15.1. The summed E-state index contributed by atoms with van der Waals surface area (Å²) in [5.41, 5.74) is -1.98. The van der Waals surface area contributed by atoms with Gasteiger partial charge in [0.1, 0.15) is 18.2 Å². The number of ether oxygens (including phenoxy) is 1. The number of aromatic amines is 1. The van der Waals surface area contributed by atoms with Gasteiger partial charge in [-0.05, 0) is 85.5 Å². The number of aromatic nitrogens is 2. The van der Waals surface area contributed by atoms with Gasteiger partial charge in [0.15, 0.2) is 11.4 Å². The number of benzene rings is 4. The van der Waals surface area contributed by atoms with Gasteiger partial charge in [0, 0.05) is 63.1 Å². The Labute approximate surface area is 348 Å². The zero-order valence-corrected chi connectivity index (χ0v) is 33.4. The molecule has 1 saturated heterocycles. The summed E-state index contributed by atoms with van der Waals surface area (Å²) in [5, 5.41) is 30.8. The lowest BCUT2D eigenvalue weighted by molar-refractivity contribution is -0.139. The number of amides is 2. The second-order valence-corrected chi connectivity index (χ2v) is 15.1. The number of rotatable bonds is 16. The normalized spacial score (nSPS) is 14.0. The lowest BCUT2D eigenvalue weighted by Gasteiger charge is -2.35. The average molecular weight is 841 g/mol. The number of hydrogen-bond acceptors (Lipinski definition) is 9. The highest BCUT2D eigenvalue weighted by atomic mass is 19.4. The first-order valence-electron chi connectivity index (χ1n) is 19.8. The number of H-pyrrole nitrogens is 1. The number of alkyl halides is 3. The molecule has 0 unspecified atom stereocenters. The molecule has 0 saturated carbocycles. The molecule has 0 bridgehead atoms. The molecule has 0 radical (unpaired) electrons. The SMILES string of the molecule is C[C@](O)(COc1ccc(NCCCCCC(=O)N2CCN(C(=O)c3cc(Cc4n[nH]c(=O)c5ccccc45)ccc3F)CC2)cc1)C(=O)Cc1ccc(C#N)c(C(F)(F)F)c1. The van der Waals surface area contributed by atoms with E-state index in [4.69, 9.17) is 10.00 Å². The van der Waals surface area contributed by atoms with Crippen LogP contribution in [0.25, 0.3) is 10.8 Å². The molecule has 12 nitrogen and oxygen atoms in total. The first-order chi connectivity index (χ1) is 29.1. The minimum Gasteiger partial charge on any atom is -0.490 e. The molecule has 1 aromatic heterocycles. The molecule has 61 heavy (non-hydrogen) atoms. The van der Waals surface area contributed by atoms with E-state index in [0.717, 1.165) is 30.7 Å². The van der Waals surface area contributed by atoms with E-state index in [1.54, 1.807) is 58.3 Å². The number of carbonyl (C=O) groups excluding carboxylic acids is 3. The summed E-state index contributed by atoms with van der Waals surface area (Å²) in [6.45, 7) is 2.68. The maximum atomic E-state index is 14.9. The molecule has 0 spiro atoms. The molecule has 6 rings (SSSR count). The summed E-state index contributed by atoms with van der Waals surface area (Å²) in [4.78, 5) is 54.6. The molecular formula is C45H44F4N6O6. The van der Waals surface area contributed by atoms with Gasteiger partial charge in [-0.2, -0.15) is 23.5 Å². The fraction of sp³-hybridized carbons (Fsp3) is 0.333. The van der Waals surface area contributed by atoms with Gasteiger partial charge < -0.3 is 25.0 Å². The molecule has 16 heteroatoms. The first kappa shape index (κ1) is 44.0. The van der Waals surface area contributed by atoms with Crippen LogP contribution >= 0.6 is 0 Å². The van der Waals surface area contributed by atoms with Crippen LogP contribution in [-0.2, 0) is 28.6 Å². The molecule has 2 amide bonds. The summed E-state index contributed by atoms with van der Waals surface area (Å²) in [7, 11) is 0. The van der Waals surface area contributed by atoms with Gasteiger partial charge in [-0.15, -0.1) is 0 Å². The van der Waals surface area contributed by atoms with Crippen molar-refractivity contribution in [2.24, 2.45) is 0 Å². The van der Waals surface area contributed by atoms with E-state index in [9.17, 15) is 41.8 Å². The van der Waals surface area contributed by atoms with Crippen molar-refractivity contribution in [3.63, 3.8) is 0 Å². The number of halogens is 4. The van der Waals surface area contributed by atoms with Crippen LogP contribution in [0.2, 0.25) is 0 Å². The Morgan fingerprint density at radius 2 is 1.59 bits per heavy atom. The largest absolute Gasteiger partial charge is 0.490 e. The number of Topliss-reactive ketones (excluding diaryl/α,β-unsaturated/α-hetero) is 1. The number of carbonyl (C=O) groups is 3. The maximum absolute atomic E-state index is 14.9.